The zero-order valence-electron chi connectivity index (χ0n) is 10.5. The lowest BCUT2D eigenvalue weighted by Crippen LogP contribution is -2.29. The molecule has 1 aromatic rings. The summed E-state index contributed by atoms with van der Waals surface area (Å²) in [4.78, 5) is 20.7. The minimum Gasteiger partial charge on any atom is -0.285 e. The highest BCUT2D eigenvalue weighted by Gasteiger charge is 2.46. The normalized spacial score (nSPS) is 26.8. The minimum absolute atomic E-state index is 0.0191. The van der Waals surface area contributed by atoms with Crippen LogP contribution in [0.5, 0.6) is 0 Å². The Labute approximate surface area is 107 Å². The van der Waals surface area contributed by atoms with Crippen molar-refractivity contribution in [3.63, 3.8) is 0 Å². The van der Waals surface area contributed by atoms with Gasteiger partial charge in [0, 0.05) is 23.4 Å². The lowest BCUT2D eigenvalue weighted by Gasteiger charge is -2.32. The molecule has 1 aromatic heterocycles. The SMILES string of the molecule is CC1(C2CC2)CC=CC=C1C(=O)c1ncccn1. The van der Waals surface area contributed by atoms with Gasteiger partial charge in [0.05, 0.1) is 0 Å². The first kappa shape index (κ1) is 11.3. The zero-order chi connectivity index (χ0) is 12.6. The lowest BCUT2D eigenvalue weighted by atomic mass is 9.71. The van der Waals surface area contributed by atoms with Gasteiger partial charge in [-0.1, -0.05) is 25.2 Å². The zero-order valence-corrected chi connectivity index (χ0v) is 10.5. The van der Waals surface area contributed by atoms with Crippen LogP contribution in [0.15, 0.2) is 42.3 Å². The predicted octanol–water partition coefficient (Wildman–Crippen LogP) is 2.96. The highest BCUT2D eigenvalue weighted by atomic mass is 16.1. The van der Waals surface area contributed by atoms with Crippen molar-refractivity contribution >= 4 is 5.78 Å². The summed E-state index contributed by atoms with van der Waals surface area (Å²) in [6, 6.07) is 1.73. The van der Waals surface area contributed by atoms with E-state index < -0.39 is 0 Å². The Balaban J connectivity index is 1.96. The third kappa shape index (κ3) is 1.80. The summed E-state index contributed by atoms with van der Waals surface area (Å²) in [7, 11) is 0. The number of Topliss-reactive ketones (excluding diaryl/α,β-unsaturated/α-hetero) is 1. The van der Waals surface area contributed by atoms with Crippen LogP contribution < -0.4 is 0 Å². The summed E-state index contributed by atoms with van der Waals surface area (Å²) in [5.41, 5.74) is 0.851. The number of ketones is 1. The molecule has 0 radical (unpaired) electrons. The number of carbonyl (C=O) groups is 1. The van der Waals surface area contributed by atoms with Gasteiger partial charge in [-0.25, -0.2) is 9.97 Å². The molecule has 0 bridgehead atoms. The Morgan fingerprint density at radius 1 is 1.33 bits per heavy atom. The Bertz CT molecular complexity index is 529. The van der Waals surface area contributed by atoms with Crippen LogP contribution in [0.1, 0.15) is 36.8 Å². The van der Waals surface area contributed by atoms with Crippen molar-refractivity contribution < 1.29 is 4.79 Å². The molecule has 0 aliphatic heterocycles. The van der Waals surface area contributed by atoms with Gasteiger partial charge >= 0.3 is 0 Å². The molecule has 3 heteroatoms. The lowest BCUT2D eigenvalue weighted by molar-refractivity contribution is 0.0985. The number of rotatable bonds is 3. The monoisotopic (exact) mass is 240 g/mol. The summed E-state index contributed by atoms with van der Waals surface area (Å²) in [5, 5.41) is 0. The second-order valence-corrected chi connectivity index (χ2v) is 5.31. The van der Waals surface area contributed by atoms with E-state index >= 15 is 0 Å². The fraction of sp³-hybridized carbons (Fsp3) is 0.400. The third-order valence-electron chi connectivity index (χ3n) is 4.05. The first-order valence-corrected chi connectivity index (χ1v) is 6.41. The van der Waals surface area contributed by atoms with Gasteiger partial charge in [-0.3, -0.25) is 4.79 Å². The minimum atomic E-state index is -0.0228. The highest BCUT2D eigenvalue weighted by molar-refractivity contribution is 6.07. The Hall–Kier alpha value is -1.77. The molecule has 1 saturated carbocycles. The average Bonchev–Trinajstić information content (AvgIpc) is 3.24. The molecule has 1 unspecified atom stereocenters. The standard InChI is InChI=1S/C15H16N2O/c1-15(11-6-7-11)8-3-2-5-12(15)13(18)14-16-9-4-10-17-14/h2-5,9-11H,6-8H2,1H3. The van der Waals surface area contributed by atoms with E-state index in [4.69, 9.17) is 0 Å². The van der Waals surface area contributed by atoms with Gasteiger partial charge in [-0.2, -0.15) is 0 Å². The van der Waals surface area contributed by atoms with Crippen LogP contribution in [-0.4, -0.2) is 15.8 Å². The molecule has 2 aliphatic rings. The van der Waals surface area contributed by atoms with Gasteiger partial charge in [0.1, 0.15) is 0 Å². The van der Waals surface area contributed by atoms with Gasteiger partial charge < -0.3 is 0 Å². The number of hydrogen-bond donors (Lipinski definition) is 0. The predicted molar refractivity (Wildman–Crippen MR) is 69.0 cm³/mol. The molecule has 0 saturated heterocycles. The quantitative estimate of drug-likeness (QED) is 0.763. The Kier molecular flexibility index (Phi) is 2.62. The topological polar surface area (TPSA) is 42.9 Å². The van der Waals surface area contributed by atoms with Crippen LogP contribution in [-0.2, 0) is 0 Å². The largest absolute Gasteiger partial charge is 0.285 e. The fourth-order valence-electron chi connectivity index (χ4n) is 2.76. The van der Waals surface area contributed by atoms with Crippen molar-refractivity contribution in [2.45, 2.75) is 26.2 Å². The maximum Gasteiger partial charge on any atom is 0.226 e. The van der Waals surface area contributed by atoms with E-state index in [2.05, 4.69) is 23.0 Å². The van der Waals surface area contributed by atoms with Gasteiger partial charge in [0.2, 0.25) is 11.6 Å². The van der Waals surface area contributed by atoms with E-state index in [1.807, 2.05) is 12.2 Å². The van der Waals surface area contributed by atoms with E-state index in [9.17, 15) is 4.79 Å². The Morgan fingerprint density at radius 2 is 2.06 bits per heavy atom. The van der Waals surface area contributed by atoms with Gasteiger partial charge in [-0.05, 0) is 31.2 Å². The van der Waals surface area contributed by atoms with Crippen molar-refractivity contribution in [2.24, 2.45) is 11.3 Å². The Morgan fingerprint density at radius 3 is 2.72 bits per heavy atom. The molecule has 0 N–H and O–H groups in total. The third-order valence-corrected chi connectivity index (χ3v) is 4.05. The molecular weight excluding hydrogens is 224 g/mol. The first-order valence-electron chi connectivity index (χ1n) is 6.41. The van der Waals surface area contributed by atoms with Crippen molar-refractivity contribution in [1.82, 2.24) is 9.97 Å². The van der Waals surface area contributed by atoms with Crippen molar-refractivity contribution in [1.29, 1.82) is 0 Å². The van der Waals surface area contributed by atoms with E-state index in [0.717, 1.165) is 12.0 Å². The second kappa shape index (κ2) is 4.16. The van der Waals surface area contributed by atoms with Crippen LogP contribution in [0.3, 0.4) is 0 Å². The average molecular weight is 240 g/mol. The summed E-state index contributed by atoms with van der Waals surface area (Å²) >= 11 is 0. The summed E-state index contributed by atoms with van der Waals surface area (Å²) in [6.45, 7) is 2.20. The van der Waals surface area contributed by atoms with E-state index in [1.165, 1.54) is 12.8 Å². The maximum atomic E-state index is 12.5. The van der Waals surface area contributed by atoms with Crippen LogP contribution >= 0.6 is 0 Å². The highest BCUT2D eigenvalue weighted by Crippen LogP contribution is 2.53. The molecule has 3 nitrogen and oxygen atoms in total. The smallest absolute Gasteiger partial charge is 0.226 e. The van der Waals surface area contributed by atoms with Crippen LogP contribution in [0.25, 0.3) is 0 Å². The number of hydrogen-bond acceptors (Lipinski definition) is 3. The maximum absolute atomic E-state index is 12.5. The van der Waals surface area contributed by atoms with Crippen LogP contribution in [0, 0.1) is 11.3 Å². The second-order valence-electron chi connectivity index (χ2n) is 5.31. The number of carbonyl (C=O) groups excluding carboxylic acids is 1. The number of allylic oxidation sites excluding steroid dienone is 4. The van der Waals surface area contributed by atoms with Gasteiger partial charge in [0.25, 0.3) is 0 Å². The summed E-state index contributed by atoms with van der Waals surface area (Å²) in [6.07, 6.45) is 12.7. The molecule has 0 spiro atoms. The van der Waals surface area contributed by atoms with E-state index in [0.29, 0.717) is 11.7 Å². The van der Waals surface area contributed by atoms with Crippen LogP contribution in [0.2, 0.25) is 0 Å². The number of aromatic nitrogens is 2. The van der Waals surface area contributed by atoms with E-state index in [-0.39, 0.29) is 11.2 Å². The molecule has 1 heterocycles. The van der Waals surface area contributed by atoms with Gasteiger partial charge in [-0.15, -0.1) is 0 Å². The molecule has 0 amide bonds. The molecule has 18 heavy (non-hydrogen) atoms. The summed E-state index contributed by atoms with van der Waals surface area (Å²) in [5.74, 6) is 0.932. The van der Waals surface area contributed by atoms with Crippen LogP contribution in [0.4, 0.5) is 0 Å². The molecule has 92 valence electrons. The van der Waals surface area contributed by atoms with Crippen molar-refractivity contribution in [2.75, 3.05) is 0 Å². The summed E-state index contributed by atoms with van der Waals surface area (Å²) < 4.78 is 0. The molecule has 1 fully saturated rings. The molecule has 1 atom stereocenters. The van der Waals surface area contributed by atoms with Gasteiger partial charge in [0.15, 0.2) is 0 Å². The number of nitrogens with zero attached hydrogens (tertiary/aromatic N) is 2. The molecule has 0 aromatic carbocycles. The first-order chi connectivity index (χ1) is 8.72. The molecule has 3 rings (SSSR count). The van der Waals surface area contributed by atoms with Crippen molar-refractivity contribution in [3.8, 4) is 0 Å². The van der Waals surface area contributed by atoms with Crippen molar-refractivity contribution in [3.05, 3.63) is 48.1 Å². The molecular formula is C15H16N2O. The van der Waals surface area contributed by atoms with E-state index in [1.54, 1.807) is 18.5 Å². The molecule has 2 aliphatic carbocycles. The fourth-order valence-corrected chi connectivity index (χ4v) is 2.76.